The van der Waals surface area contributed by atoms with Crippen molar-refractivity contribution in [1.82, 2.24) is 0 Å². The van der Waals surface area contributed by atoms with Crippen molar-refractivity contribution in [3.63, 3.8) is 0 Å². The Bertz CT molecular complexity index is 112. The van der Waals surface area contributed by atoms with Gasteiger partial charge in [-0.05, 0) is 31.3 Å². The molecular formula is C9H16. The van der Waals surface area contributed by atoms with E-state index in [4.69, 9.17) is 0 Å². The summed E-state index contributed by atoms with van der Waals surface area (Å²) in [5, 5.41) is 0. The van der Waals surface area contributed by atoms with Crippen LogP contribution in [0, 0.1) is 5.92 Å². The predicted molar refractivity (Wildman–Crippen MR) is 42.4 cm³/mol. The highest BCUT2D eigenvalue weighted by Crippen LogP contribution is 2.16. The van der Waals surface area contributed by atoms with Crippen LogP contribution in [0.15, 0.2) is 17.9 Å². The molecule has 0 rings (SSSR count). The van der Waals surface area contributed by atoms with Crippen LogP contribution in [-0.4, -0.2) is 0 Å². The summed E-state index contributed by atoms with van der Waals surface area (Å²) in [4.78, 5) is 0. The molecule has 0 unspecified atom stereocenters. The largest absolute Gasteiger partial charge is 0.130 e. The maximum Gasteiger partial charge on any atom is -0.0135 e. The van der Waals surface area contributed by atoms with Crippen molar-refractivity contribution >= 4 is 0 Å². The quantitative estimate of drug-likeness (QED) is 0.507. The molecule has 0 heteroatoms. The average molecular weight is 124 g/mol. The summed E-state index contributed by atoms with van der Waals surface area (Å²) in [5.41, 5.74) is 4.24. The second-order valence-electron chi connectivity index (χ2n) is 2.37. The smallest absolute Gasteiger partial charge is 0.0135 e. The molecule has 0 saturated carbocycles. The molecule has 0 amide bonds. The lowest BCUT2D eigenvalue weighted by molar-refractivity contribution is 0.573. The van der Waals surface area contributed by atoms with Crippen LogP contribution in [0.3, 0.4) is 0 Å². The highest BCUT2D eigenvalue weighted by molar-refractivity contribution is 4.99. The van der Waals surface area contributed by atoms with Crippen LogP contribution in [0.1, 0.15) is 33.6 Å². The molecule has 0 aromatic carbocycles. The maximum atomic E-state index is 3.62. The van der Waals surface area contributed by atoms with E-state index in [9.17, 15) is 0 Å². The van der Waals surface area contributed by atoms with Crippen molar-refractivity contribution in [1.29, 1.82) is 0 Å². The molecule has 0 aliphatic rings. The van der Waals surface area contributed by atoms with Gasteiger partial charge in [0.05, 0.1) is 0 Å². The molecule has 0 atom stereocenters. The van der Waals surface area contributed by atoms with Crippen molar-refractivity contribution in [2.45, 2.75) is 33.6 Å². The fourth-order valence-electron chi connectivity index (χ4n) is 1.05. The summed E-state index contributed by atoms with van der Waals surface area (Å²) in [6.45, 7) is 10.1. The molecule has 0 saturated heterocycles. The van der Waals surface area contributed by atoms with E-state index >= 15 is 0 Å². The van der Waals surface area contributed by atoms with Gasteiger partial charge in [-0.3, -0.25) is 0 Å². The topological polar surface area (TPSA) is 0 Å². The zero-order chi connectivity index (χ0) is 7.28. The molecule has 0 aromatic heterocycles. The fourth-order valence-corrected chi connectivity index (χ4v) is 1.05. The van der Waals surface area contributed by atoms with Crippen LogP contribution in [0.4, 0.5) is 0 Å². The fraction of sp³-hybridized carbons (Fsp3) is 0.667. The van der Waals surface area contributed by atoms with Gasteiger partial charge in [0.15, 0.2) is 0 Å². The maximum absolute atomic E-state index is 3.62. The highest BCUT2D eigenvalue weighted by Gasteiger charge is 2.02. The number of rotatable bonds is 3. The van der Waals surface area contributed by atoms with E-state index < -0.39 is 0 Å². The average Bonchev–Trinajstić information content (AvgIpc) is 1.90. The standard InChI is InChI=1S/C9H16/c1-5-8(4)9(6-2)7-3/h9H,1,6-7H2,2-4H3. The van der Waals surface area contributed by atoms with E-state index in [0.29, 0.717) is 5.92 Å². The van der Waals surface area contributed by atoms with Gasteiger partial charge in [0.2, 0.25) is 0 Å². The van der Waals surface area contributed by atoms with E-state index in [1.165, 1.54) is 18.4 Å². The molecule has 0 spiro atoms. The molecule has 0 nitrogen and oxygen atoms in total. The van der Waals surface area contributed by atoms with Crippen LogP contribution in [-0.2, 0) is 0 Å². The van der Waals surface area contributed by atoms with Gasteiger partial charge in [-0.15, -0.1) is 5.73 Å². The Balaban J connectivity index is 3.95. The first-order valence-electron chi connectivity index (χ1n) is 3.62. The van der Waals surface area contributed by atoms with Gasteiger partial charge in [-0.25, -0.2) is 0 Å². The minimum absolute atomic E-state index is 0.711. The minimum Gasteiger partial charge on any atom is -0.130 e. The van der Waals surface area contributed by atoms with Gasteiger partial charge in [0, 0.05) is 0 Å². The van der Waals surface area contributed by atoms with E-state index in [1.54, 1.807) is 0 Å². The molecular weight excluding hydrogens is 108 g/mol. The van der Waals surface area contributed by atoms with Gasteiger partial charge in [-0.2, -0.15) is 0 Å². The van der Waals surface area contributed by atoms with Crippen molar-refractivity contribution < 1.29 is 0 Å². The third-order valence-electron chi connectivity index (χ3n) is 1.88. The van der Waals surface area contributed by atoms with E-state index in [0.717, 1.165) is 0 Å². The summed E-state index contributed by atoms with van der Waals surface area (Å²) in [7, 11) is 0. The second-order valence-corrected chi connectivity index (χ2v) is 2.37. The van der Waals surface area contributed by atoms with Crippen molar-refractivity contribution in [3.05, 3.63) is 17.9 Å². The molecule has 0 aliphatic heterocycles. The Hall–Kier alpha value is -0.480. The van der Waals surface area contributed by atoms with E-state index in [-0.39, 0.29) is 0 Å². The monoisotopic (exact) mass is 124 g/mol. The van der Waals surface area contributed by atoms with Gasteiger partial charge in [0.25, 0.3) is 0 Å². The zero-order valence-electron chi connectivity index (χ0n) is 6.70. The van der Waals surface area contributed by atoms with E-state index in [2.05, 4.69) is 33.1 Å². The van der Waals surface area contributed by atoms with Gasteiger partial charge in [-0.1, -0.05) is 20.4 Å². The van der Waals surface area contributed by atoms with Gasteiger partial charge in [0.1, 0.15) is 0 Å². The second kappa shape index (κ2) is 4.40. The van der Waals surface area contributed by atoms with Crippen molar-refractivity contribution in [2.24, 2.45) is 5.92 Å². The number of allylic oxidation sites excluding steroid dienone is 1. The lowest BCUT2D eigenvalue weighted by Crippen LogP contribution is -1.96. The first-order valence-corrected chi connectivity index (χ1v) is 3.62. The highest BCUT2D eigenvalue weighted by atomic mass is 14.1. The van der Waals surface area contributed by atoms with Crippen LogP contribution >= 0.6 is 0 Å². The van der Waals surface area contributed by atoms with Crippen LogP contribution < -0.4 is 0 Å². The molecule has 0 N–H and O–H groups in total. The van der Waals surface area contributed by atoms with Crippen LogP contribution in [0.2, 0.25) is 0 Å². The minimum atomic E-state index is 0.711. The molecule has 0 radical (unpaired) electrons. The lowest BCUT2D eigenvalue weighted by Gasteiger charge is -2.09. The molecule has 0 aromatic rings. The Kier molecular flexibility index (Phi) is 4.17. The molecule has 0 fully saturated rings. The molecule has 9 heavy (non-hydrogen) atoms. The third kappa shape index (κ3) is 2.53. The molecule has 0 aliphatic carbocycles. The van der Waals surface area contributed by atoms with E-state index in [1.807, 2.05) is 0 Å². The summed E-state index contributed by atoms with van der Waals surface area (Å²) < 4.78 is 0. The lowest BCUT2D eigenvalue weighted by atomic mass is 9.96. The number of hydrogen-bond donors (Lipinski definition) is 0. The van der Waals surface area contributed by atoms with Gasteiger partial charge >= 0.3 is 0 Å². The summed E-state index contributed by atoms with van der Waals surface area (Å²) >= 11 is 0. The number of hydrogen-bond acceptors (Lipinski definition) is 0. The summed E-state index contributed by atoms with van der Waals surface area (Å²) in [5.74, 6) is 0.711. The first-order chi connectivity index (χ1) is 4.26. The Labute approximate surface area is 58.3 Å². The predicted octanol–water partition coefficient (Wildman–Crippen LogP) is 3.15. The molecule has 0 heterocycles. The van der Waals surface area contributed by atoms with Crippen LogP contribution in [0.25, 0.3) is 0 Å². The summed E-state index contributed by atoms with van der Waals surface area (Å²) in [6.07, 6.45) is 2.43. The third-order valence-corrected chi connectivity index (χ3v) is 1.88. The summed E-state index contributed by atoms with van der Waals surface area (Å²) in [6, 6.07) is 0. The van der Waals surface area contributed by atoms with Gasteiger partial charge < -0.3 is 0 Å². The molecule has 52 valence electrons. The van der Waals surface area contributed by atoms with Crippen molar-refractivity contribution in [2.75, 3.05) is 0 Å². The Morgan fingerprint density at radius 2 is 1.89 bits per heavy atom. The first kappa shape index (κ1) is 8.52. The SMILES string of the molecule is C=C=C(C)C(CC)CC. The zero-order valence-corrected chi connectivity index (χ0v) is 6.70. The van der Waals surface area contributed by atoms with Crippen molar-refractivity contribution in [3.8, 4) is 0 Å². The Morgan fingerprint density at radius 3 is 2.00 bits per heavy atom. The Morgan fingerprint density at radius 1 is 1.44 bits per heavy atom. The van der Waals surface area contributed by atoms with Crippen LogP contribution in [0.5, 0.6) is 0 Å². The normalized spacial score (nSPS) is 9.33. The molecule has 0 bridgehead atoms.